The maximum Gasteiger partial charge on any atom is 0.337 e. The van der Waals surface area contributed by atoms with Gasteiger partial charge in [-0.05, 0) is 18.2 Å². The summed E-state index contributed by atoms with van der Waals surface area (Å²) in [5.41, 5.74) is 6.89. The van der Waals surface area contributed by atoms with Crippen molar-refractivity contribution in [2.45, 2.75) is 6.42 Å². The number of nitrogen functional groups attached to an aromatic ring is 1. The van der Waals surface area contributed by atoms with Crippen LogP contribution in [0.25, 0.3) is 0 Å². The predicted molar refractivity (Wildman–Crippen MR) is 72.0 cm³/mol. The molecule has 2 rings (SSSR count). The molecule has 0 saturated carbocycles. The molecule has 19 heavy (non-hydrogen) atoms. The topological polar surface area (TPSA) is 101 Å². The Morgan fingerprint density at radius 1 is 1.26 bits per heavy atom. The number of nitrogens with one attached hydrogen (secondary N) is 1. The number of rotatable bonds is 5. The van der Waals surface area contributed by atoms with Gasteiger partial charge in [0.05, 0.1) is 11.3 Å². The van der Waals surface area contributed by atoms with Crippen molar-refractivity contribution in [2.75, 3.05) is 17.6 Å². The minimum atomic E-state index is -1.06. The summed E-state index contributed by atoms with van der Waals surface area (Å²) in [7, 11) is 0. The number of carboxylic acids is 1. The van der Waals surface area contributed by atoms with E-state index >= 15 is 0 Å². The maximum atomic E-state index is 10.9. The summed E-state index contributed by atoms with van der Waals surface area (Å²) in [5.74, 6) is -0.677. The number of carbonyl (C=O) groups is 1. The van der Waals surface area contributed by atoms with E-state index < -0.39 is 5.97 Å². The number of nitrogens with zero attached hydrogens (tertiary/aromatic N) is 2. The smallest absolute Gasteiger partial charge is 0.337 e. The Balaban J connectivity index is 2.00. The molecule has 0 bridgehead atoms. The molecular formula is C13H14N4O2. The van der Waals surface area contributed by atoms with Gasteiger partial charge in [0, 0.05) is 31.1 Å². The van der Waals surface area contributed by atoms with E-state index in [-0.39, 0.29) is 11.3 Å². The van der Waals surface area contributed by atoms with Gasteiger partial charge in [0.25, 0.3) is 0 Å². The standard InChI is InChI=1S/C13H14N4O2/c14-11-10(13(18)19)5-8-17-12(11)16-7-4-9-3-1-2-6-15-9/h1-3,5-6,8H,4,7,14H2,(H,16,17)(H,18,19). The monoisotopic (exact) mass is 258 g/mol. The molecule has 0 amide bonds. The van der Waals surface area contributed by atoms with Gasteiger partial charge in [0.15, 0.2) is 0 Å². The van der Waals surface area contributed by atoms with E-state index in [9.17, 15) is 4.79 Å². The first kappa shape index (κ1) is 12.8. The number of carboxylic acid groups (broad SMARTS) is 1. The first-order chi connectivity index (χ1) is 9.18. The third kappa shape index (κ3) is 3.19. The molecule has 2 aromatic rings. The zero-order valence-electron chi connectivity index (χ0n) is 10.2. The predicted octanol–water partition coefficient (Wildman–Crippen LogP) is 1.41. The lowest BCUT2D eigenvalue weighted by molar-refractivity contribution is 0.0698. The van der Waals surface area contributed by atoms with Crippen molar-refractivity contribution < 1.29 is 9.90 Å². The Morgan fingerprint density at radius 2 is 2.11 bits per heavy atom. The number of anilines is 2. The Kier molecular flexibility index (Phi) is 3.92. The first-order valence-electron chi connectivity index (χ1n) is 5.80. The molecule has 98 valence electrons. The third-order valence-corrected chi connectivity index (χ3v) is 2.62. The third-order valence-electron chi connectivity index (χ3n) is 2.62. The lowest BCUT2D eigenvalue weighted by Crippen LogP contribution is -2.12. The van der Waals surface area contributed by atoms with Crippen LogP contribution in [0, 0.1) is 0 Å². The summed E-state index contributed by atoms with van der Waals surface area (Å²) in [6.07, 6.45) is 3.86. The molecule has 0 aromatic carbocycles. The van der Waals surface area contributed by atoms with E-state index in [4.69, 9.17) is 10.8 Å². The van der Waals surface area contributed by atoms with Gasteiger partial charge in [0.2, 0.25) is 0 Å². The van der Waals surface area contributed by atoms with Crippen molar-refractivity contribution in [3.63, 3.8) is 0 Å². The van der Waals surface area contributed by atoms with Crippen LogP contribution < -0.4 is 11.1 Å². The quantitative estimate of drug-likeness (QED) is 0.749. The molecule has 0 fully saturated rings. The van der Waals surface area contributed by atoms with Crippen molar-refractivity contribution in [2.24, 2.45) is 0 Å². The number of nitrogens with two attached hydrogens (primary N) is 1. The lowest BCUT2D eigenvalue weighted by Gasteiger charge is -2.09. The van der Waals surface area contributed by atoms with Crippen LogP contribution in [-0.4, -0.2) is 27.6 Å². The van der Waals surface area contributed by atoms with Gasteiger partial charge in [-0.3, -0.25) is 4.98 Å². The van der Waals surface area contributed by atoms with E-state index in [1.165, 1.54) is 12.3 Å². The van der Waals surface area contributed by atoms with Gasteiger partial charge < -0.3 is 16.2 Å². The summed E-state index contributed by atoms with van der Waals surface area (Å²) < 4.78 is 0. The maximum absolute atomic E-state index is 10.9. The summed E-state index contributed by atoms with van der Waals surface area (Å²) in [6.45, 7) is 0.581. The largest absolute Gasteiger partial charge is 0.478 e. The van der Waals surface area contributed by atoms with Gasteiger partial charge in [-0.25, -0.2) is 9.78 Å². The van der Waals surface area contributed by atoms with Gasteiger partial charge in [-0.15, -0.1) is 0 Å². The number of hydrogen-bond acceptors (Lipinski definition) is 5. The summed E-state index contributed by atoms with van der Waals surface area (Å²) >= 11 is 0. The molecule has 0 unspecified atom stereocenters. The Labute approximate surface area is 110 Å². The summed E-state index contributed by atoms with van der Waals surface area (Å²) in [4.78, 5) is 19.1. The van der Waals surface area contributed by atoms with E-state index in [1.807, 2.05) is 18.2 Å². The fraction of sp³-hybridized carbons (Fsp3) is 0.154. The Bertz CT molecular complexity index is 572. The van der Waals surface area contributed by atoms with Crippen LogP contribution in [-0.2, 0) is 6.42 Å². The molecule has 2 aromatic heterocycles. The average molecular weight is 258 g/mol. The lowest BCUT2D eigenvalue weighted by atomic mass is 10.2. The normalized spacial score (nSPS) is 10.1. The fourth-order valence-electron chi connectivity index (χ4n) is 1.66. The van der Waals surface area contributed by atoms with Crippen molar-refractivity contribution >= 4 is 17.5 Å². The van der Waals surface area contributed by atoms with Crippen LogP contribution in [0.15, 0.2) is 36.7 Å². The SMILES string of the molecule is Nc1c(C(=O)O)ccnc1NCCc1ccccn1. The number of aromatic nitrogens is 2. The minimum Gasteiger partial charge on any atom is -0.478 e. The highest BCUT2D eigenvalue weighted by molar-refractivity contribution is 5.96. The van der Waals surface area contributed by atoms with Crippen LogP contribution in [0.1, 0.15) is 16.1 Å². The molecule has 6 nitrogen and oxygen atoms in total. The van der Waals surface area contributed by atoms with Crippen LogP contribution in [0.4, 0.5) is 11.5 Å². The minimum absolute atomic E-state index is 0.0512. The summed E-state index contributed by atoms with van der Waals surface area (Å²) in [6, 6.07) is 7.07. The molecule has 0 saturated heterocycles. The number of aromatic carboxylic acids is 1. The van der Waals surface area contributed by atoms with E-state index in [0.717, 1.165) is 5.69 Å². The van der Waals surface area contributed by atoms with Crippen LogP contribution in [0.3, 0.4) is 0 Å². The summed E-state index contributed by atoms with van der Waals surface area (Å²) in [5, 5.41) is 12.0. The molecule has 0 aliphatic carbocycles. The fourth-order valence-corrected chi connectivity index (χ4v) is 1.66. The first-order valence-corrected chi connectivity index (χ1v) is 5.80. The molecule has 2 heterocycles. The van der Waals surface area contributed by atoms with Gasteiger partial charge in [-0.1, -0.05) is 6.07 Å². The van der Waals surface area contributed by atoms with Crippen LogP contribution >= 0.6 is 0 Å². The highest BCUT2D eigenvalue weighted by Gasteiger charge is 2.11. The second-order valence-electron chi connectivity index (χ2n) is 3.92. The molecule has 0 atom stereocenters. The van der Waals surface area contributed by atoms with Gasteiger partial charge in [0.1, 0.15) is 5.82 Å². The molecule has 0 radical (unpaired) electrons. The Morgan fingerprint density at radius 3 is 2.79 bits per heavy atom. The second-order valence-corrected chi connectivity index (χ2v) is 3.92. The highest BCUT2D eigenvalue weighted by atomic mass is 16.4. The molecule has 4 N–H and O–H groups in total. The van der Waals surface area contributed by atoms with Crippen molar-refractivity contribution in [1.29, 1.82) is 0 Å². The zero-order chi connectivity index (χ0) is 13.7. The average Bonchev–Trinajstić information content (AvgIpc) is 2.41. The van der Waals surface area contributed by atoms with E-state index in [0.29, 0.717) is 18.8 Å². The van der Waals surface area contributed by atoms with E-state index in [2.05, 4.69) is 15.3 Å². The zero-order valence-corrected chi connectivity index (χ0v) is 10.2. The molecule has 6 heteroatoms. The van der Waals surface area contributed by atoms with Crippen LogP contribution in [0.2, 0.25) is 0 Å². The molecule has 0 aliphatic rings. The molecule has 0 spiro atoms. The molecular weight excluding hydrogens is 244 g/mol. The van der Waals surface area contributed by atoms with Crippen molar-refractivity contribution in [3.8, 4) is 0 Å². The number of hydrogen-bond donors (Lipinski definition) is 3. The highest BCUT2D eigenvalue weighted by Crippen LogP contribution is 2.19. The Hall–Kier alpha value is -2.63. The molecule has 0 aliphatic heterocycles. The van der Waals surface area contributed by atoms with Gasteiger partial charge in [-0.2, -0.15) is 0 Å². The second kappa shape index (κ2) is 5.81. The van der Waals surface area contributed by atoms with E-state index in [1.54, 1.807) is 6.20 Å². The van der Waals surface area contributed by atoms with Gasteiger partial charge >= 0.3 is 5.97 Å². The van der Waals surface area contributed by atoms with Crippen molar-refractivity contribution in [3.05, 3.63) is 47.9 Å². The van der Waals surface area contributed by atoms with Crippen molar-refractivity contribution in [1.82, 2.24) is 9.97 Å². The number of pyridine rings is 2. The van der Waals surface area contributed by atoms with Crippen LogP contribution in [0.5, 0.6) is 0 Å².